The van der Waals surface area contributed by atoms with Gasteiger partial charge in [-0.25, -0.2) is 0 Å². The fourth-order valence-electron chi connectivity index (χ4n) is 4.40. The summed E-state index contributed by atoms with van der Waals surface area (Å²) in [6, 6.07) is 15.6. The van der Waals surface area contributed by atoms with Crippen molar-refractivity contribution in [3.05, 3.63) is 59.7 Å². The van der Waals surface area contributed by atoms with Crippen LogP contribution >= 0.6 is 0 Å². The molecule has 0 unspecified atom stereocenters. The molecule has 0 amide bonds. The maximum atomic E-state index is 13.3. The molecule has 1 heterocycles. The molecule has 4 rings (SSSR count). The molecule has 0 radical (unpaired) electrons. The number of ether oxygens (including phenoxy) is 1. The number of carbonyl (C=O) groups excluding carboxylic acids is 1. The van der Waals surface area contributed by atoms with E-state index < -0.39 is 22.2 Å². The molecule has 0 spiro atoms. The van der Waals surface area contributed by atoms with Crippen molar-refractivity contribution in [1.29, 1.82) is 0 Å². The van der Waals surface area contributed by atoms with Crippen LogP contribution in [-0.2, 0) is 26.3 Å². The normalized spacial score (nSPS) is 25.0. The lowest BCUT2D eigenvalue weighted by molar-refractivity contribution is -0.173. The molecule has 0 bridgehead atoms. The average Bonchev–Trinajstić information content (AvgIpc) is 3.19. The lowest BCUT2D eigenvalue weighted by Crippen LogP contribution is -2.46. The molecular formula is C23H26O3S. The number of fused-ring (bicyclic) bond motifs is 2. The number of hydrogen-bond acceptors (Lipinski definition) is 3. The minimum atomic E-state index is -1.26. The molecule has 1 saturated carbocycles. The fourth-order valence-corrected chi connectivity index (χ4v) is 5.88. The Morgan fingerprint density at radius 3 is 1.96 bits per heavy atom. The summed E-state index contributed by atoms with van der Waals surface area (Å²) in [5.41, 5.74) is 0.326. The summed E-state index contributed by atoms with van der Waals surface area (Å²) in [6.45, 7) is 5.66. The van der Waals surface area contributed by atoms with Gasteiger partial charge in [-0.15, -0.1) is 0 Å². The molecule has 0 aromatic heterocycles. The molecule has 4 heteroatoms. The van der Waals surface area contributed by atoms with Crippen LogP contribution in [0.4, 0.5) is 0 Å². The highest BCUT2D eigenvalue weighted by atomic mass is 32.2. The Hall–Kier alpha value is -1.78. The third kappa shape index (κ3) is 2.90. The van der Waals surface area contributed by atoms with E-state index in [1.54, 1.807) is 0 Å². The largest absolute Gasteiger partial charge is 0.606 e. The van der Waals surface area contributed by atoms with Crippen molar-refractivity contribution in [3.8, 4) is 0 Å². The molecule has 2 aromatic rings. The first-order valence-corrected chi connectivity index (χ1v) is 10.8. The molecular weight excluding hydrogens is 356 g/mol. The van der Waals surface area contributed by atoms with E-state index in [1.165, 1.54) is 0 Å². The third-order valence-corrected chi connectivity index (χ3v) is 7.28. The Kier molecular flexibility index (Phi) is 4.59. The number of carbonyl (C=O) groups is 1. The highest BCUT2D eigenvalue weighted by Gasteiger charge is 2.55. The molecule has 3 nitrogen and oxygen atoms in total. The standard InChI is InChI=1S/C23H26O3S/c1-22(2,3)21(24)26-23(16-10-4-5-11-16)17-12-6-8-14-19(17)27(25)20-15-9-7-13-18(20)23/h6-9,12-16H,4-5,10-11H2,1-3H3. The summed E-state index contributed by atoms with van der Waals surface area (Å²) >= 11 is -1.26. The minimum Gasteiger partial charge on any atom is -0.606 e. The molecule has 1 aliphatic heterocycles. The second kappa shape index (κ2) is 6.68. The van der Waals surface area contributed by atoms with Crippen molar-refractivity contribution in [2.75, 3.05) is 0 Å². The van der Waals surface area contributed by atoms with E-state index in [-0.39, 0.29) is 11.9 Å². The summed E-state index contributed by atoms with van der Waals surface area (Å²) < 4.78 is 19.7. The Bertz CT molecular complexity index is 814. The van der Waals surface area contributed by atoms with E-state index in [0.717, 1.165) is 46.6 Å². The van der Waals surface area contributed by atoms with Crippen LogP contribution in [0, 0.1) is 11.3 Å². The zero-order valence-electron chi connectivity index (χ0n) is 16.2. The van der Waals surface area contributed by atoms with Crippen LogP contribution in [0.25, 0.3) is 0 Å². The summed E-state index contributed by atoms with van der Waals surface area (Å²) in [5.74, 6) is -0.0184. The van der Waals surface area contributed by atoms with Crippen LogP contribution in [0.5, 0.6) is 0 Å². The van der Waals surface area contributed by atoms with Gasteiger partial charge in [-0.05, 0) is 57.9 Å². The van der Waals surface area contributed by atoms with Gasteiger partial charge < -0.3 is 9.29 Å². The second-order valence-electron chi connectivity index (χ2n) is 8.62. The smallest absolute Gasteiger partial charge is 0.312 e. The third-order valence-electron chi connectivity index (χ3n) is 5.77. The minimum absolute atomic E-state index is 0.198. The Morgan fingerprint density at radius 1 is 1.00 bits per heavy atom. The van der Waals surface area contributed by atoms with Gasteiger partial charge in [-0.3, -0.25) is 4.79 Å². The summed E-state index contributed by atoms with van der Waals surface area (Å²) in [7, 11) is 0. The number of hydrogen-bond donors (Lipinski definition) is 0. The van der Waals surface area contributed by atoms with Gasteiger partial charge >= 0.3 is 5.97 Å². The van der Waals surface area contributed by atoms with Crippen molar-refractivity contribution in [1.82, 2.24) is 0 Å². The molecule has 0 N–H and O–H groups in total. The van der Waals surface area contributed by atoms with Crippen LogP contribution < -0.4 is 0 Å². The molecule has 1 aliphatic carbocycles. The van der Waals surface area contributed by atoms with Gasteiger partial charge in [0, 0.05) is 17.1 Å². The first kappa shape index (κ1) is 18.6. The van der Waals surface area contributed by atoms with E-state index in [4.69, 9.17) is 4.74 Å². The van der Waals surface area contributed by atoms with Crippen molar-refractivity contribution in [2.24, 2.45) is 11.3 Å². The lowest BCUT2D eigenvalue weighted by atomic mass is 9.74. The molecule has 27 heavy (non-hydrogen) atoms. The van der Waals surface area contributed by atoms with Crippen LogP contribution in [0.1, 0.15) is 57.6 Å². The Balaban J connectivity index is 2.00. The Labute approximate surface area is 164 Å². The van der Waals surface area contributed by atoms with Crippen molar-refractivity contribution in [3.63, 3.8) is 0 Å². The zero-order chi connectivity index (χ0) is 19.2. The van der Waals surface area contributed by atoms with E-state index in [2.05, 4.69) is 0 Å². The van der Waals surface area contributed by atoms with Crippen LogP contribution in [0.2, 0.25) is 0 Å². The summed E-state index contributed by atoms with van der Waals surface area (Å²) in [5, 5.41) is 0. The van der Waals surface area contributed by atoms with E-state index in [0.29, 0.717) is 0 Å². The van der Waals surface area contributed by atoms with Gasteiger partial charge in [0.25, 0.3) is 0 Å². The van der Waals surface area contributed by atoms with Gasteiger partial charge in [0.2, 0.25) is 0 Å². The predicted octanol–water partition coefficient (Wildman–Crippen LogP) is 5.19. The second-order valence-corrected chi connectivity index (χ2v) is 10.0. The van der Waals surface area contributed by atoms with Crippen molar-refractivity contribution < 1.29 is 14.1 Å². The first-order chi connectivity index (χ1) is 12.9. The Morgan fingerprint density at radius 2 is 1.48 bits per heavy atom. The molecule has 2 aliphatic rings. The van der Waals surface area contributed by atoms with Gasteiger partial charge in [0.1, 0.15) is 0 Å². The summed E-state index contributed by atoms with van der Waals surface area (Å²) in [6.07, 6.45) is 4.28. The fraction of sp³-hybridized carbons (Fsp3) is 0.435. The maximum Gasteiger partial charge on any atom is 0.312 e. The van der Waals surface area contributed by atoms with Gasteiger partial charge in [0.15, 0.2) is 15.4 Å². The van der Waals surface area contributed by atoms with E-state index in [1.807, 2.05) is 69.3 Å². The highest BCUT2D eigenvalue weighted by molar-refractivity contribution is 7.91. The van der Waals surface area contributed by atoms with Crippen LogP contribution in [0.3, 0.4) is 0 Å². The molecule has 2 aromatic carbocycles. The van der Waals surface area contributed by atoms with Crippen LogP contribution in [-0.4, -0.2) is 10.5 Å². The molecule has 0 atom stereocenters. The SMILES string of the molecule is CC(C)(C)C(=O)OC1(C2CCCC2)c2ccccc2[S+]([O-])c2ccccc21. The van der Waals surface area contributed by atoms with Gasteiger partial charge in [-0.2, -0.15) is 0 Å². The quantitative estimate of drug-likeness (QED) is 0.530. The highest BCUT2D eigenvalue weighted by Crippen LogP contribution is 2.55. The van der Waals surface area contributed by atoms with Gasteiger partial charge in [-0.1, -0.05) is 37.1 Å². The van der Waals surface area contributed by atoms with Crippen molar-refractivity contribution in [2.45, 2.75) is 61.8 Å². The first-order valence-electron chi connectivity index (χ1n) is 9.70. The van der Waals surface area contributed by atoms with Crippen molar-refractivity contribution >= 4 is 17.1 Å². The number of benzene rings is 2. The predicted molar refractivity (Wildman–Crippen MR) is 106 cm³/mol. The molecule has 142 valence electrons. The van der Waals surface area contributed by atoms with Crippen LogP contribution in [0.15, 0.2) is 58.3 Å². The molecule has 0 saturated heterocycles. The maximum absolute atomic E-state index is 13.3. The topological polar surface area (TPSA) is 49.4 Å². The monoisotopic (exact) mass is 382 g/mol. The zero-order valence-corrected chi connectivity index (χ0v) is 17.0. The van der Waals surface area contributed by atoms with E-state index in [9.17, 15) is 9.35 Å². The average molecular weight is 383 g/mol. The summed E-state index contributed by atoms with van der Waals surface area (Å²) in [4.78, 5) is 14.6. The van der Waals surface area contributed by atoms with E-state index >= 15 is 0 Å². The number of esters is 1. The lowest BCUT2D eigenvalue weighted by Gasteiger charge is -2.44. The molecule has 1 fully saturated rings. The van der Waals surface area contributed by atoms with Gasteiger partial charge in [0.05, 0.1) is 16.5 Å². The number of rotatable bonds is 2.